The van der Waals surface area contributed by atoms with Crippen molar-refractivity contribution in [2.24, 2.45) is 0 Å². The number of aromatic nitrogens is 4. The van der Waals surface area contributed by atoms with E-state index in [9.17, 15) is 10.2 Å². The van der Waals surface area contributed by atoms with Gasteiger partial charge in [-0.2, -0.15) is 0 Å². The van der Waals surface area contributed by atoms with Gasteiger partial charge in [-0.1, -0.05) is 30.3 Å². The summed E-state index contributed by atoms with van der Waals surface area (Å²) < 4.78 is 7.53. The van der Waals surface area contributed by atoms with Crippen LogP contribution in [0.1, 0.15) is 24.6 Å². The van der Waals surface area contributed by atoms with Crippen molar-refractivity contribution < 1.29 is 14.9 Å². The maximum absolute atomic E-state index is 10.4. The van der Waals surface area contributed by atoms with E-state index in [0.29, 0.717) is 17.6 Å². The van der Waals surface area contributed by atoms with Crippen LogP contribution < -0.4 is 5.73 Å². The Balaban J connectivity index is 1.46. The van der Waals surface area contributed by atoms with Crippen LogP contribution in [-0.4, -0.2) is 48.0 Å². The van der Waals surface area contributed by atoms with Crippen molar-refractivity contribution in [2.45, 2.75) is 43.8 Å². The molecular formula is C18H21N5O3. The highest BCUT2D eigenvalue weighted by Gasteiger charge is 2.43. The summed E-state index contributed by atoms with van der Waals surface area (Å²) in [6.45, 7) is 0. The van der Waals surface area contributed by atoms with Crippen molar-refractivity contribution in [3.05, 3.63) is 48.5 Å². The fourth-order valence-corrected chi connectivity index (χ4v) is 3.41. The molecule has 1 saturated heterocycles. The Kier molecular flexibility index (Phi) is 4.54. The zero-order chi connectivity index (χ0) is 18.1. The van der Waals surface area contributed by atoms with Gasteiger partial charge in [0.1, 0.15) is 24.1 Å². The lowest BCUT2D eigenvalue weighted by Crippen LogP contribution is -2.31. The number of fused-ring (bicyclic) bond motifs is 1. The molecule has 8 nitrogen and oxygen atoms in total. The van der Waals surface area contributed by atoms with Crippen LogP contribution in [0, 0.1) is 0 Å². The van der Waals surface area contributed by atoms with E-state index in [2.05, 4.69) is 27.1 Å². The zero-order valence-electron chi connectivity index (χ0n) is 14.1. The van der Waals surface area contributed by atoms with Gasteiger partial charge in [-0.25, -0.2) is 15.0 Å². The number of aryl methyl sites for hydroxylation is 1. The van der Waals surface area contributed by atoms with E-state index in [1.54, 1.807) is 4.57 Å². The molecule has 0 saturated carbocycles. The Morgan fingerprint density at radius 2 is 1.88 bits per heavy atom. The van der Waals surface area contributed by atoms with Gasteiger partial charge < -0.3 is 20.7 Å². The van der Waals surface area contributed by atoms with E-state index < -0.39 is 24.5 Å². The highest BCUT2D eigenvalue weighted by atomic mass is 16.6. The number of aliphatic hydroxyl groups excluding tert-OH is 2. The first-order valence-electron chi connectivity index (χ1n) is 8.63. The summed E-state index contributed by atoms with van der Waals surface area (Å²) in [5.41, 5.74) is 7.96. The monoisotopic (exact) mass is 355 g/mol. The Morgan fingerprint density at radius 3 is 2.69 bits per heavy atom. The van der Waals surface area contributed by atoms with Crippen LogP contribution in [0.25, 0.3) is 11.2 Å². The second-order valence-corrected chi connectivity index (χ2v) is 6.51. The number of nitrogens with two attached hydrogens (primary N) is 1. The number of imidazole rings is 1. The predicted molar refractivity (Wildman–Crippen MR) is 95.0 cm³/mol. The molecule has 0 bridgehead atoms. The van der Waals surface area contributed by atoms with Gasteiger partial charge in [-0.15, -0.1) is 0 Å². The van der Waals surface area contributed by atoms with Gasteiger partial charge in [0.2, 0.25) is 0 Å². The van der Waals surface area contributed by atoms with E-state index >= 15 is 0 Å². The first-order valence-corrected chi connectivity index (χ1v) is 8.63. The van der Waals surface area contributed by atoms with Crippen molar-refractivity contribution in [3.8, 4) is 0 Å². The molecule has 3 heterocycles. The van der Waals surface area contributed by atoms with Crippen molar-refractivity contribution in [1.29, 1.82) is 0 Å². The zero-order valence-corrected chi connectivity index (χ0v) is 14.1. The number of nitrogens with zero attached hydrogens (tertiary/aromatic N) is 4. The van der Waals surface area contributed by atoms with Crippen LogP contribution in [0.5, 0.6) is 0 Å². The lowest BCUT2D eigenvalue weighted by atomic mass is 10.0. The van der Waals surface area contributed by atoms with Gasteiger partial charge in [0.25, 0.3) is 0 Å². The lowest BCUT2D eigenvalue weighted by molar-refractivity contribution is -0.0373. The maximum atomic E-state index is 10.4. The van der Waals surface area contributed by atoms with E-state index in [4.69, 9.17) is 10.5 Å². The Bertz CT molecular complexity index is 885. The topological polar surface area (TPSA) is 119 Å². The normalized spacial score (nSPS) is 25.8. The van der Waals surface area contributed by atoms with Gasteiger partial charge >= 0.3 is 0 Å². The number of ether oxygens (including phenoxy) is 1. The van der Waals surface area contributed by atoms with E-state index in [1.165, 1.54) is 18.2 Å². The van der Waals surface area contributed by atoms with Gasteiger partial charge in [0, 0.05) is 0 Å². The summed E-state index contributed by atoms with van der Waals surface area (Å²) in [6.07, 6.45) is 2.00. The van der Waals surface area contributed by atoms with E-state index in [0.717, 1.165) is 12.8 Å². The first-order chi connectivity index (χ1) is 12.6. The number of hydrogen-bond acceptors (Lipinski definition) is 7. The predicted octanol–water partition coefficient (Wildman–Crippen LogP) is 1.05. The quantitative estimate of drug-likeness (QED) is 0.626. The summed E-state index contributed by atoms with van der Waals surface area (Å²) in [4.78, 5) is 12.3. The van der Waals surface area contributed by atoms with E-state index in [1.807, 2.05) is 18.2 Å². The molecule has 0 spiro atoms. The minimum atomic E-state index is -1.06. The fourth-order valence-electron chi connectivity index (χ4n) is 3.41. The number of rotatable bonds is 5. The minimum Gasteiger partial charge on any atom is -0.388 e. The SMILES string of the molecule is Nc1ncnc2c1ncn2C1OC(CCCc2ccccc2)C(O)C1O. The molecule has 1 aromatic carbocycles. The summed E-state index contributed by atoms with van der Waals surface area (Å²) in [5, 5.41) is 20.8. The highest BCUT2D eigenvalue weighted by molar-refractivity contribution is 5.81. The average molecular weight is 355 g/mol. The molecule has 26 heavy (non-hydrogen) atoms. The summed E-state index contributed by atoms with van der Waals surface area (Å²) >= 11 is 0. The molecule has 1 fully saturated rings. The van der Waals surface area contributed by atoms with Crippen LogP contribution >= 0.6 is 0 Å². The summed E-state index contributed by atoms with van der Waals surface area (Å²) in [6, 6.07) is 10.2. The van der Waals surface area contributed by atoms with Crippen molar-refractivity contribution in [2.75, 3.05) is 5.73 Å². The molecule has 2 aromatic heterocycles. The third-order valence-electron chi connectivity index (χ3n) is 4.80. The van der Waals surface area contributed by atoms with Crippen molar-refractivity contribution >= 4 is 17.0 Å². The molecule has 8 heteroatoms. The Morgan fingerprint density at radius 1 is 1.08 bits per heavy atom. The number of anilines is 1. The van der Waals surface area contributed by atoms with Crippen LogP contribution in [0.15, 0.2) is 43.0 Å². The van der Waals surface area contributed by atoms with Crippen LogP contribution in [0.4, 0.5) is 5.82 Å². The molecule has 0 aliphatic carbocycles. The Hall–Kier alpha value is -2.55. The van der Waals surface area contributed by atoms with Crippen molar-refractivity contribution in [3.63, 3.8) is 0 Å². The molecule has 1 aliphatic rings. The van der Waals surface area contributed by atoms with Crippen LogP contribution in [-0.2, 0) is 11.2 Å². The molecule has 4 N–H and O–H groups in total. The molecule has 136 valence electrons. The average Bonchev–Trinajstić information content (AvgIpc) is 3.20. The third kappa shape index (κ3) is 3.03. The molecule has 3 aromatic rings. The van der Waals surface area contributed by atoms with Gasteiger partial charge in [-0.3, -0.25) is 4.57 Å². The number of benzene rings is 1. The highest BCUT2D eigenvalue weighted by Crippen LogP contribution is 2.33. The maximum Gasteiger partial charge on any atom is 0.167 e. The lowest BCUT2D eigenvalue weighted by Gasteiger charge is -2.16. The van der Waals surface area contributed by atoms with Crippen LogP contribution in [0.3, 0.4) is 0 Å². The van der Waals surface area contributed by atoms with Crippen LogP contribution in [0.2, 0.25) is 0 Å². The molecule has 0 radical (unpaired) electrons. The number of nitrogen functional groups attached to an aromatic ring is 1. The van der Waals surface area contributed by atoms with Gasteiger partial charge in [0.15, 0.2) is 17.7 Å². The Labute approximate surface area is 150 Å². The first kappa shape index (κ1) is 16.9. The third-order valence-corrected chi connectivity index (χ3v) is 4.80. The molecule has 1 aliphatic heterocycles. The second-order valence-electron chi connectivity index (χ2n) is 6.51. The number of hydrogen-bond donors (Lipinski definition) is 3. The standard InChI is InChI=1S/C18H21N5O3/c19-16-13-17(21-9-20-16)23(10-22-13)18-15(25)14(24)12(26-18)8-4-7-11-5-2-1-3-6-11/h1-3,5-6,9-10,12,14-15,18,24-25H,4,7-8H2,(H2,19,20,21). The summed E-state index contributed by atoms with van der Waals surface area (Å²) in [5.74, 6) is 0.265. The number of aliphatic hydroxyl groups is 2. The molecule has 4 rings (SSSR count). The van der Waals surface area contributed by atoms with E-state index in [-0.39, 0.29) is 5.82 Å². The van der Waals surface area contributed by atoms with Gasteiger partial charge in [-0.05, 0) is 24.8 Å². The molecule has 0 amide bonds. The molecule has 4 atom stereocenters. The van der Waals surface area contributed by atoms with Crippen molar-refractivity contribution in [1.82, 2.24) is 19.5 Å². The fraction of sp³-hybridized carbons (Fsp3) is 0.389. The molecule has 4 unspecified atom stereocenters. The second kappa shape index (κ2) is 6.99. The molecular weight excluding hydrogens is 334 g/mol. The largest absolute Gasteiger partial charge is 0.388 e. The van der Waals surface area contributed by atoms with Gasteiger partial charge in [0.05, 0.1) is 12.4 Å². The minimum absolute atomic E-state index is 0.265. The summed E-state index contributed by atoms with van der Waals surface area (Å²) in [7, 11) is 0. The smallest absolute Gasteiger partial charge is 0.167 e.